The Bertz CT molecular complexity index is 940. The Morgan fingerprint density at radius 1 is 0.848 bits per heavy atom. The minimum Gasteiger partial charge on any atom is -0.481 e. The molecule has 0 aromatic rings. The third kappa shape index (κ3) is 2.81. The smallest absolute Gasteiger partial charge is 0.310 e. The lowest BCUT2D eigenvalue weighted by atomic mass is 9.36. The summed E-state index contributed by atoms with van der Waals surface area (Å²) in [5.74, 6) is 0.0637. The summed E-state index contributed by atoms with van der Waals surface area (Å²) in [6.07, 6.45) is 13.4. The van der Waals surface area contributed by atoms with Crippen LogP contribution in [0.25, 0.3) is 0 Å². The van der Waals surface area contributed by atoms with E-state index < -0.39 is 11.4 Å². The van der Waals surface area contributed by atoms with Gasteiger partial charge in [0.1, 0.15) is 0 Å². The second-order valence-electron chi connectivity index (χ2n) is 14.6. The second kappa shape index (κ2) is 6.77. The summed E-state index contributed by atoms with van der Waals surface area (Å²) in [5, 5.41) is 21.3. The van der Waals surface area contributed by atoms with E-state index in [-0.39, 0.29) is 39.1 Å². The average Bonchev–Trinajstić information content (AvgIpc) is 2.71. The van der Waals surface area contributed by atoms with E-state index in [1.165, 1.54) is 5.57 Å². The molecule has 0 radical (unpaired) electrons. The largest absolute Gasteiger partial charge is 0.481 e. The number of fused-ring (bicyclic) bond motifs is 7. The zero-order valence-electron chi connectivity index (χ0n) is 22.1. The Morgan fingerprint density at radius 3 is 2.18 bits per heavy atom. The van der Waals surface area contributed by atoms with Crippen LogP contribution in [0.4, 0.5) is 0 Å². The summed E-state index contributed by atoms with van der Waals surface area (Å²) in [5.41, 5.74) is 2.76. The number of allylic oxidation sites excluding steroid dienone is 4. The van der Waals surface area contributed by atoms with Crippen LogP contribution in [0.1, 0.15) is 106 Å². The van der Waals surface area contributed by atoms with Gasteiger partial charge in [0.25, 0.3) is 0 Å². The fourth-order valence-electron chi connectivity index (χ4n) is 9.92. The molecule has 4 saturated carbocycles. The van der Waals surface area contributed by atoms with Crippen LogP contribution in [0, 0.1) is 44.3 Å². The number of aliphatic hydroxyl groups excluding tert-OH is 1. The molecule has 3 nitrogen and oxygen atoms in total. The van der Waals surface area contributed by atoms with Crippen molar-refractivity contribution < 1.29 is 15.0 Å². The van der Waals surface area contributed by atoms with Crippen molar-refractivity contribution in [3.05, 3.63) is 23.3 Å². The standard InChI is InChI=1S/C30H46O3/c1-25(2)14-16-30(24(32)33)17-15-28(6)19(20(30)18-25)8-9-22-27(5)12-11-23(31)26(3,4)21(27)10-13-29(22,28)7/h8-9,20-21,23,31H,10-18H2,1-7H3,(H,32,33)/t20?,21?,23-,27-,28+,29+,30?/m0/s1. The first kappa shape index (κ1) is 23.6. The quantitative estimate of drug-likeness (QED) is 0.442. The molecule has 5 aliphatic rings. The van der Waals surface area contributed by atoms with Gasteiger partial charge in [-0.05, 0) is 96.7 Å². The Morgan fingerprint density at radius 2 is 1.52 bits per heavy atom. The van der Waals surface area contributed by atoms with Gasteiger partial charge in [0.15, 0.2) is 0 Å². The van der Waals surface area contributed by atoms with E-state index in [0.29, 0.717) is 5.92 Å². The SMILES string of the molecule is CC1(C)CCC2(C(=O)O)CC[C@]3(C)C(=CC=C4[C@@]5(C)CC[C@H](O)C(C)(C)C5CC[C@]43C)C2C1. The monoisotopic (exact) mass is 454 g/mol. The molecule has 0 saturated heterocycles. The van der Waals surface area contributed by atoms with Crippen molar-refractivity contribution in [2.24, 2.45) is 44.3 Å². The molecule has 0 aromatic carbocycles. The Labute approximate surface area is 201 Å². The van der Waals surface area contributed by atoms with Gasteiger partial charge >= 0.3 is 5.97 Å². The predicted molar refractivity (Wildman–Crippen MR) is 133 cm³/mol. The molecule has 184 valence electrons. The molecule has 0 bridgehead atoms. The van der Waals surface area contributed by atoms with Crippen molar-refractivity contribution in [1.29, 1.82) is 0 Å². The highest BCUT2D eigenvalue weighted by atomic mass is 16.4. The molecule has 0 aromatic heterocycles. The van der Waals surface area contributed by atoms with Crippen LogP contribution in [-0.2, 0) is 4.79 Å². The molecule has 3 unspecified atom stereocenters. The van der Waals surface area contributed by atoms with Gasteiger partial charge in [-0.25, -0.2) is 0 Å². The molecule has 5 aliphatic carbocycles. The molecule has 33 heavy (non-hydrogen) atoms. The third-order valence-corrected chi connectivity index (χ3v) is 12.4. The second-order valence-corrected chi connectivity index (χ2v) is 14.6. The highest BCUT2D eigenvalue weighted by Crippen LogP contribution is 2.74. The minimum absolute atomic E-state index is 0.0162. The molecule has 0 spiro atoms. The first-order valence-corrected chi connectivity index (χ1v) is 13.5. The van der Waals surface area contributed by atoms with E-state index >= 15 is 0 Å². The number of hydrogen-bond donors (Lipinski definition) is 2. The number of aliphatic carboxylic acids is 1. The van der Waals surface area contributed by atoms with Crippen LogP contribution >= 0.6 is 0 Å². The summed E-state index contributed by atoms with van der Waals surface area (Å²) in [4.78, 5) is 12.7. The maximum Gasteiger partial charge on any atom is 0.310 e. The van der Waals surface area contributed by atoms with Crippen LogP contribution in [0.15, 0.2) is 23.3 Å². The Hall–Kier alpha value is -1.09. The first-order chi connectivity index (χ1) is 15.1. The molecule has 0 aliphatic heterocycles. The van der Waals surface area contributed by atoms with Crippen LogP contribution in [0.3, 0.4) is 0 Å². The molecular formula is C30H46O3. The highest BCUT2D eigenvalue weighted by Gasteiger charge is 2.67. The number of carboxylic acids is 1. The van der Waals surface area contributed by atoms with Gasteiger partial charge < -0.3 is 10.2 Å². The number of aliphatic hydroxyl groups is 1. The van der Waals surface area contributed by atoms with E-state index in [1.54, 1.807) is 5.57 Å². The average molecular weight is 455 g/mol. The van der Waals surface area contributed by atoms with Gasteiger partial charge in [0.05, 0.1) is 11.5 Å². The summed E-state index contributed by atoms with van der Waals surface area (Å²) >= 11 is 0. The number of hydrogen-bond acceptors (Lipinski definition) is 2. The Balaban J connectivity index is 1.65. The van der Waals surface area contributed by atoms with E-state index in [4.69, 9.17) is 0 Å². The topological polar surface area (TPSA) is 57.5 Å². The number of carboxylic acid groups (broad SMARTS) is 1. The lowest BCUT2D eigenvalue weighted by Gasteiger charge is -2.68. The molecule has 0 heterocycles. The van der Waals surface area contributed by atoms with Gasteiger partial charge in [-0.2, -0.15) is 0 Å². The lowest BCUT2D eigenvalue weighted by Crippen LogP contribution is -2.61. The predicted octanol–water partition coefficient (Wildman–Crippen LogP) is 7.15. The normalized spacial score (nSPS) is 50.0. The fraction of sp³-hybridized carbons (Fsp3) is 0.833. The lowest BCUT2D eigenvalue weighted by molar-refractivity contribution is -0.164. The van der Waals surface area contributed by atoms with Crippen LogP contribution < -0.4 is 0 Å². The van der Waals surface area contributed by atoms with Gasteiger partial charge in [0.2, 0.25) is 0 Å². The first-order valence-electron chi connectivity index (χ1n) is 13.5. The van der Waals surface area contributed by atoms with Gasteiger partial charge in [-0.1, -0.05) is 71.8 Å². The molecule has 5 rings (SSSR count). The van der Waals surface area contributed by atoms with Crippen molar-refractivity contribution in [3.8, 4) is 0 Å². The number of carbonyl (C=O) groups is 1. The van der Waals surface area contributed by atoms with E-state index in [2.05, 4.69) is 60.6 Å². The van der Waals surface area contributed by atoms with Crippen molar-refractivity contribution in [2.45, 2.75) is 112 Å². The van der Waals surface area contributed by atoms with Crippen molar-refractivity contribution in [3.63, 3.8) is 0 Å². The van der Waals surface area contributed by atoms with Crippen molar-refractivity contribution in [1.82, 2.24) is 0 Å². The van der Waals surface area contributed by atoms with Crippen LogP contribution in [-0.4, -0.2) is 22.3 Å². The molecule has 3 heteroatoms. The van der Waals surface area contributed by atoms with E-state index in [1.807, 2.05) is 0 Å². The molecule has 0 amide bonds. The van der Waals surface area contributed by atoms with E-state index in [0.717, 1.165) is 57.8 Å². The van der Waals surface area contributed by atoms with Gasteiger partial charge in [0, 0.05) is 0 Å². The summed E-state index contributed by atoms with van der Waals surface area (Å²) in [6.45, 7) is 16.7. The summed E-state index contributed by atoms with van der Waals surface area (Å²) in [6, 6.07) is 0. The Kier molecular flexibility index (Phi) is 4.85. The highest BCUT2D eigenvalue weighted by molar-refractivity contribution is 5.77. The molecule has 7 atom stereocenters. The third-order valence-electron chi connectivity index (χ3n) is 12.4. The summed E-state index contributed by atoms with van der Waals surface area (Å²) < 4.78 is 0. The van der Waals surface area contributed by atoms with Crippen LogP contribution in [0.5, 0.6) is 0 Å². The van der Waals surface area contributed by atoms with Crippen LogP contribution in [0.2, 0.25) is 0 Å². The maximum atomic E-state index is 12.7. The van der Waals surface area contributed by atoms with Gasteiger partial charge in [-0.3, -0.25) is 4.79 Å². The number of rotatable bonds is 1. The van der Waals surface area contributed by atoms with Crippen molar-refractivity contribution in [2.75, 3.05) is 0 Å². The minimum atomic E-state index is -0.583. The fourth-order valence-corrected chi connectivity index (χ4v) is 9.92. The van der Waals surface area contributed by atoms with Gasteiger partial charge in [-0.15, -0.1) is 0 Å². The molecular weight excluding hydrogens is 408 g/mol. The zero-order valence-corrected chi connectivity index (χ0v) is 22.1. The molecule has 2 N–H and O–H groups in total. The summed E-state index contributed by atoms with van der Waals surface area (Å²) in [7, 11) is 0. The zero-order chi connectivity index (χ0) is 24.2. The van der Waals surface area contributed by atoms with E-state index in [9.17, 15) is 15.0 Å². The maximum absolute atomic E-state index is 12.7. The van der Waals surface area contributed by atoms with Crippen molar-refractivity contribution >= 4 is 5.97 Å². The molecule has 4 fully saturated rings.